The SMILES string of the molecule is CC[C@H](NC(=O)OCC1c2ccccc2-c2ccccc21)C(=O)Nc1cccc(CCC(=O)O)c1. The van der Waals surface area contributed by atoms with Gasteiger partial charge in [0.2, 0.25) is 5.91 Å². The Morgan fingerprint density at radius 1 is 0.943 bits per heavy atom. The number of hydrogen-bond acceptors (Lipinski definition) is 4. The van der Waals surface area contributed by atoms with E-state index < -0.39 is 18.1 Å². The van der Waals surface area contributed by atoms with Crippen LogP contribution in [0.15, 0.2) is 72.8 Å². The minimum Gasteiger partial charge on any atom is -0.481 e. The molecule has 3 N–H and O–H groups in total. The maximum Gasteiger partial charge on any atom is 0.407 e. The smallest absolute Gasteiger partial charge is 0.407 e. The molecule has 0 heterocycles. The molecule has 35 heavy (non-hydrogen) atoms. The van der Waals surface area contributed by atoms with Gasteiger partial charge < -0.3 is 20.5 Å². The predicted molar refractivity (Wildman–Crippen MR) is 133 cm³/mol. The van der Waals surface area contributed by atoms with E-state index in [4.69, 9.17) is 9.84 Å². The summed E-state index contributed by atoms with van der Waals surface area (Å²) >= 11 is 0. The highest BCUT2D eigenvalue weighted by Gasteiger charge is 2.29. The number of carboxylic acid groups (broad SMARTS) is 1. The molecule has 0 saturated carbocycles. The van der Waals surface area contributed by atoms with Gasteiger partial charge in [0.15, 0.2) is 0 Å². The molecule has 0 radical (unpaired) electrons. The predicted octanol–water partition coefficient (Wildman–Crippen LogP) is 4.96. The number of carboxylic acids is 1. The van der Waals surface area contributed by atoms with E-state index in [2.05, 4.69) is 22.8 Å². The van der Waals surface area contributed by atoms with Crippen LogP contribution in [0.3, 0.4) is 0 Å². The number of nitrogens with one attached hydrogen (secondary N) is 2. The fraction of sp³-hybridized carbons (Fsp3) is 0.250. The maximum atomic E-state index is 12.8. The van der Waals surface area contributed by atoms with Gasteiger partial charge in [0.25, 0.3) is 0 Å². The Kier molecular flexibility index (Phi) is 7.45. The fourth-order valence-corrected chi connectivity index (χ4v) is 4.42. The number of aliphatic carboxylic acids is 1. The largest absolute Gasteiger partial charge is 0.481 e. The minimum absolute atomic E-state index is 0.0122. The number of ether oxygens (including phenoxy) is 1. The van der Waals surface area contributed by atoms with Crippen LogP contribution < -0.4 is 10.6 Å². The topological polar surface area (TPSA) is 105 Å². The van der Waals surface area contributed by atoms with Gasteiger partial charge in [-0.3, -0.25) is 9.59 Å². The van der Waals surface area contributed by atoms with E-state index in [9.17, 15) is 14.4 Å². The van der Waals surface area contributed by atoms with E-state index >= 15 is 0 Å². The third-order valence-corrected chi connectivity index (χ3v) is 6.18. The lowest BCUT2D eigenvalue weighted by atomic mass is 9.98. The number of benzene rings is 3. The van der Waals surface area contributed by atoms with E-state index in [1.54, 1.807) is 25.1 Å². The number of carbonyl (C=O) groups is 3. The summed E-state index contributed by atoms with van der Waals surface area (Å²) in [5.41, 5.74) is 5.89. The van der Waals surface area contributed by atoms with Crippen molar-refractivity contribution < 1.29 is 24.2 Å². The first-order valence-electron chi connectivity index (χ1n) is 11.7. The summed E-state index contributed by atoms with van der Waals surface area (Å²) in [6, 6.07) is 22.5. The van der Waals surface area contributed by atoms with Crippen LogP contribution in [-0.2, 0) is 20.7 Å². The third-order valence-electron chi connectivity index (χ3n) is 6.18. The fourth-order valence-electron chi connectivity index (χ4n) is 4.42. The van der Waals surface area contributed by atoms with E-state index in [-0.39, 0.29) is 24.9 Å². The number of aryl methyl sites for hydroxylation is 1. The highest BCUT2D eigenvalue weighted by atomic mass is 16.5. The van der Waals surface area contributed by atoms with Gasteiger partial charge in [-0.15, -0.1) is 0 Å². The number of fused-ring (bicyclic) bond motifs is 3. The minimum atomic E-state index is -0.877. The zero-order valence-electron chi connectivity index (χ0n) is 19.5. The second-order valence-corrected chi connectivity index (χ2v) is 8.51. The molecule has 0 aliphatic heterocycles. The second-order valence-electron chi connectivity index (χ2n) is 8.51. The normalized spacial score (nSPS) is 12.8. The van der Waals surface area contributed by atoms with Crippen LogP contribution in [0.1, 0.15) is 42.4 Å². The molecule has 0 bridgehead atoms. The van der Waals surface area contributed by atoms with Gasteiger partial charge in [-0.1, -0.05) is 67.6 Å². The molecule has 7 heteroatoms. The third kappa shape index (κ3) is 5.69. The molecule has 2 amide bonds. The van der Waals surface area contributed by atoms with Crippen molar-refractivity contribution in [3.05, 3.63) is 89.5 Å². The molecular formula is C28H28N2O5. The van der Waals surface area contributed by atoms with Crippen LogP contribution in [0, 0.1) is 0 Å². The van der Waals surface area contributed by atoms with Crippen LogP contribution in [0.2, 0.25) is 0 Å². The first-order chi connectivity index (χ1) is 17.0. The average molecular weight is 473 g/mol. The van der Waals surface area contributed by atoms with Crippen LogP contribution in [0.4, 0.5) is 10.5 Å². The molecule has 180 valence electrons. The molecule has 1 atom stereocenters. The highest BCUT2D eigenvalue weighted by molar-refractivity contribution is 5.96. The summed E-state index contributed by atoms with van der Waals surface area (Å²) < 4.78 is 5.56. The molecular weight excluding hydrogens is 444 g/mol. The number of carbonyl (C=O) groups excluding carboxylic acids is 2. The highest BCUT2D eigenvalue weighted by Crippen LogP contribution is 2.44. The molecule has 1 aliphatic carbocycles. The maximum absolute atomic E-state index is 12.8. The number of anilines is 1. The molecule has 0 saturated heterocycles. The van der Waals surface area contributed by atoms with Gasteiger partial charge in [-0.2, -0.15) is 0 Å². The van der Waals surface area contributed by atoms with Crippen molar-refractivity contribution in [2.24, 2.45) is 0 Å². The Bertz CT molecular complexity index is 1190. The van der Waals surface area contributed by atoms with E-state index in [1.807, 2.05) is 42.5 Å². The molecule has 3 aromatic carbocycles. The van der Waals surface area contributed by atoms with Crippen molar-refractivity contribution in [2.75, 3.05) is 11.9 Å². The van der Waals surface area contributed by atoms with Crippen molar-refractivity contribution >= 4 is 23.7 Å². The monoisotopic (exact) mass is 472 g/mol. The van der Waals surface area contributed by atoms with Gasteiger partial charge in [-0.05, 0) is 52.8 Å². The molecule has 0 spiro atoms. The Morgan fingerprint density at radius 3 is 2.23 bits per heavy atom. The van der Waals surface area contributed by atoms with Gasteiger partial charge in [0, 0.05) is 18.0 Å². The Hall–Kier alpha value is -4.13. The molecule has 0 aromatic heterocycles. The average Bonchev–Trinajstić information content (AvgIpc) is 3.18. The van der Waals surface area contributed by atoms with Gasteiger partial charge >= 0.3 is 12.1 Å². The molecule has 3 aromatic rings. The van der Waals surface area contributed by atoms with Crippen LogP contribution in [0.5, 0.6) is 0 Å². The van der Waals surface area contributed by atoms with E-state index in [0.717, 1.165) is 27.8 Å². The Morgan fingerprint density at radius 2 is 1.60 bits per heavy atom. The molecule has 7 nitrogen and oxygen atoms in total. The van der Waals surface area contributed by atoms with Crippen LogP contribution in [-0.4, -0.2) is 35.7 Å². The van der Waals surface area contributed by atoms with E-state index in [1.165, 1.54) is 0 Å². The Labute approximate surface area is 204 Å². The summed E-state index contributed by atoms with van der Waals surface area (Å²) in [5.74, 6) is -1.30. The number of rotatable bonds is 9. The van der Waals surface area contributed by atoms with Crippen molar-refractivity contribution in [2.45, 2.75) is 38.1 Å². The van der Waals surface area contributed by atoms with E-state index in [0.29, 0.717) is 18.5 Å². The zero-order valence-corrected chi connectivity index (χ0v) is 19.5. The lowest BCUT2D eigenvalue weighted by molar-refractivity contribution is -0.137. The lowest BCUT2D eigenvalue weighted by Crippen LogP contribution is -2.43. The standard InChI is InChI=1S/C28H28N2O5/c1-2-25(27(33)29-19-9-7-8-18(16-19)14-15-26(31)32)30-28(34)35-17-24-22-12-5-3-10-20(22)21-11-4-6-13-23(21)24/h3-13,16,24-25H,2,14-15,17H2,1H3,(H,29,33)(H,30,34)(H,31,32)/t25-/m0/s1. The molecule has 0 fully saturated rings. The summed E-state index contributed by atoms with van der Waals surface area (Å²) in [6.45, 7) is 1.97. The quantitative estimate of drug-likeness (QED) is 0.408. The number of amides is 2. The first-order valence-corrected chi connectivity index (χ1v) is 11.7. The van der Waals surface area contributed by atoms with Crippen LogP contribution in [0.25, 0.3) is 11.1 Å². The second kappa shape index (κ2) is 10.9. The summed E-state index contributed by atoms with van der Waals surface area (Å²) in [6.07, 6.45) is 0.116. The van der Waals surface area contributed by atoms with Gasteiger partial charge in [0.1, 0.15) is 12.6 Å². The van der Waals surface area contributed by atoms with Crippen LogP contribution >= 0.6 is 0 Å². The van der Waals surface area contributed by atoms with Crippen molar-refractivity contribution in [1.29, 1.82) is 0 Å². The molecule has 4 rings (SSSR count). The summed E-state index contributed by atoms with van der Waals surface area (Å²) in [7, 11) is 0. The summed E-state index contributed by atoms with van der Waals surface area (Å²) in [5, 5.41) is 14.3. The van der Waals surface area contributed by atoms with Crippen molar-refractivity contribution in [3.8, 4) is 11.1 Å². The number of hydrogen-bond donors (Lipinski definition) is 3. The summed E-state index contributed by atoms with van der Waals surface area (Å²) in [4.78, 5) is 36.2. The van der Waals surface area contributed by atoms with Crippen molar-refractivity contribution in [3.63, 3.8) is 0 Å². The van der Waals surface area contributed by atoms with Crippen molar-refractivity contribution in [1.82, 2.24) is 5.32 Å². The van der Waals surface area contributed by atoms with Gasteiger partial charge in [-0.25, -0.2) is 4.79 Å². The zero-order chi connectivity index (χ0) is 24.8. The van der Waals surface area contributed by atoms with Gasteiger partial charge in [0.05, 0.1) is 0 Å². The Balaban J connectivity index is 1.35. The number of alkyl carbamates (subject to hydrolysis) is 1. The molecule has 0 unspecified atom stereocenters. The molecule has 1 aliphatic rings. The lowest BCUT2D eigenvalue weighted by Gasteiger charge is -2.19. The first kappa shape index (κ1) is 24.0.